The standard InChI is InChI=1S/C14H15N3O3/c1-2-3-11(14(19)20)17-13(18)9-4-5-10-12(8-9)16-7-6-15-10/h4-8,11H,2-3H2,1H3,(H,17,18)(H,19,20)/t11-/m1/s1. The summed E-state index contributed by atoms with van der Waals surface area (Å²) in [6.45, 7) is 1.87. The summed E-state index contributed by atoms with van der Waals surface area (Å²) in [6.07, 6.45) is 4.19. The molecule has 1 heterocycles. The fourth-order valence-corrected chi connectivity index (χ4v) is 1.89. The van der Waals surface area contributed by atoms with Crippen molar-refractivity contribution < 1.29 is 14.7 Å². The molecule has 1 amide bonds. The smallest absolute Gasteiger partial charge is 0.326 e. The minimum atomic E-state index is -1.03. The molecule has 0 spiro atoms. The number of carbonyl (C=O) groups excluding carboxylic acids is 1. The van der Waals surface area contributed by atoms with E-state index in [4.69, 9.17) is 5.11 Å². The van der Waals surface area contributed by atoms with Crippen molar-refractivity contribution in [3.05, 3.63) is 36.2 Å². The Labute approximate surface area is 115 Å². The highest BCUT2D eigenvalue weighted by atomic mass is 16.4. The number of amides is 1. The molecule has 2 N–H and O–H groups in total. The zero-order chi connectivity index (χ0) is 14.5. The van der Waals surface area contributed by atoms with Gasteiger partial charge >= 0.3 is 5.97 Å². The van der Waals surface area contributed by atoms with E-state index >= 15 is 0 Å². The van der Waals surface area contributed by atoms with E-state index in [0.29, 0.717) is 29.4 Å². The van der Waals surface area contributed by atoms with Crippen LogP contribution in [0.15, 0.2) is 30.6 Å². The minimum absolute atomic E-state index is 0.375. The van der Waals surface area contributed by atoms with Crippen LogP contribution in [0.2, 0.25) is 0 Å². The maximum atomic E-state index is 12.1. The Morgan fingerprint density at radius 1 is 1.25 bits per heavy atom. The van der Waals surface area contributed by atoms with E-state index in [0.717, 1.165) is 0 Å². The summed E-state index contributed by atoms with van der Waals surface area (Å²) in [5.74, 6) is -1.45. The molecule has 0 radical (unpaired) electrons. The van der Waals surface area contributed by atoms with E-state index in [1.165, 1.54) is 0 Å². The van der Waals surface area contributed by atoms with Crippen LogP contribution in [0, 0.1) is 0 Å². The first kappa shape index (κ1) is 13.9. The van der Waals surface area contributed by atoms with Crippen molar-refractivity contribution in [3.63, 3.8) is 0 Å². The van der Waals surface area contributed by atoms with Crippen LogP contribution in [-0.2, 0) is 4.79 Å². The van der Waals surface area contributed by atoms with Crippen molar-refractivity contribution in [3.8, 4) is 0 Å². The predicted molar refractivity (Wildman–Crippen MR) is 73.3 cm³/mol. The molecule has 6 nitrogen and oxygen atoms in total. The lowest BCUT2D eigenvalue weighted by Crippen LogP contribution is -2.40. The third-order valence-electron chi connectivity index (χ3n) is 2.91. The number of carbonyl (C=O) groups is 2. The molecule has 0 fully saturated rings. The number of carboxylic acid groups (broad SMARTS) is 1. The molecular formula is C14H15N3O3. The van der Waals surface area contributed by atoms with Gasteiger partial charge in [0.25, 0.3) is 5.91 Å². The number of hydrogen-bond donors (Lipinski definition) is 2. The van der Waals surface area contributed by atoms with Crippen LogP contribution >= 0.6 is 0 Å². The number of hydrogen-bond acceptors (Lipinski definition) is 4. The molecule has 0 aliphatic rings. The summed E-state index contributed by atoms with van der Waals surface area (Å²) in [4.78, 5) is 31.3. The van der Waals surface area contributed by atoms with Gasteiger partial charge in [0.2, 0.25) is 0 Å². The lowest BCUT2D eigenvalue weighted by molar-refractivity contribution is -0.139. The van der Waals surface area contributed by atoms with Crippen molar-refractivity contribution >= 4 is 22.9 Å². The van der Waals surface area contributed by atoms with Gasteiger partial charge in [-0.05, 0) is 24.6 Å². The monoisotopic (exact) mass is 273 g/mol. The zero-order valence-corrected chi connectivity index (χ0v) is 11.0. The molecular weight excluding hydrogens is 258 g/mol. The summed E-state index contributed by atoms with van der Waals surface area (Å²) in [5, 5.41) is 11.5. The quantitative estimate of drug-likeness (QED) is 0.863. The number of fused-ring (bicyclic) bond motifs is 1. The van der Waals surface area contributed by atoms with Crippen LogP contribution in [0.1, 0.15) is 30.1 Å². The highest BCUT2D eigenvalue weighted by Gasteiger charge is 2.19. The Morgan fingerprint density at radius 3 is 2.60 bits per heavy atom. The second-order valence-electron chi connectivity index (χ2n) is 4.41. The average Bonchev–Trinajstić information content (AvgIpc) is 2.46. The number of carboxylic acids is 1. The largest absolute Gasteiger partial charge is 0.480 e. The van der Waals surface area contributed by atoms with Gasteiger partial charge in [-0.2, -0.15) is 0 Å². The molecule has 0 aliphatic heterocycles. The molecule has 0 unspecified atom stereocenters. The summed E-state index contributed by atoms with van der Waals surface area (Å²) < 4.78 is 0. The highest BCUT2D eigenvalue weighted by molar-refractivity contribution is 5.99. The molecule has 0 saturated heterocycles. The number of rotatable bonds is 5. The van der Waals surface area contributed by atoms with Gasteiger partial charge < -0.3 is 10.4 Å². The highest BCUT2D eigenvalue weighted by Crippen LogP contribution is 2.11. The molecule has 1 aromatic heterocycles. The fraction of sp³-hybridized carbons (Fsp3) is 0.286. The SMILES string of the molecule is CCC[C@@H](NC(=O)c1ccc2nccnc2c1)C(=O)O. The molecule has 104 valence electrons. The first-order valence-corrected chi connectivity index (χ1v) is 6.36. The van der Waals surface area contributed by atoms with E-state index < -0.39 is 17.9 Å². The molecule has 1 atom stereocenters. The van der Waals surface area contributed by atoms with Crippen LogP contribution in [0.5, 0.6) is 0 Å². The van der Waals surface area contributed by atoms with Gasteiger partial charge in [-0.3, -0.25) is 14.8 Å². The summed E-state index contributed by atoms with van der Waals surface area (Å²) >= 11 is 0. The van der Waals surface area contributed by atoms with Gasteiger partial charge in [0.05, 0.1) is 11.0 Å². The normalized spacial score (nSPS) is 12.1. The first-order chi connectivity index (χ1) is 9.61. The summed E-state index contributed by atoms with van der Waals surface area (Å²) in [6, 6.07) is 4.03. The Balaban J connectivity index is 2.20. The van der Waals surface area contributed by atoms with Crippen LogP contribution in [0.25, 0.3) is 11.0 Å². The Kier molecular flexibility index (Phi) is 4.24. The van der Waals surface area contributed by atoms with Crippen molar-refractivity contribution in [2.24, 2.45) is 0 Å². The zero-order valence-electron chi connectivity index (χ0n) is 11.0. The topological polar surface area (TPSA) is 92.2 Å². The average molecular weight is 273 g/mol. The van der Waals surface area contributed by atoms with Crippen LogP contribution in [-0.4, -0.2) is 33.0 Å². The van der Waals surface area contributed by atoms with Gasteiger partial charge in [-0.25, -0.2) is 4.79 Å². The second-order valence-corrected chi connectivity index (χ2v) is 4.41. The molecule has 0 aliphatic carbocycles. The predicted octanol–water partition coefficient (Wildman–Crippen LogP) is 1.61. The van der Waals surface area contributed by atoms with E-state index in [-0.39, 0.29) is 0 Å². The van der Waals surface area contributed by atoms with Crippen LogP contribution in [0.3, 0.4) is 0 Å². The number of aromatic nitrogens is 2. The van der Waals surface area contributed by atoms with Crippen molar-refractivity contribution in [1.82, 2.24) is 15.3 Å². The third kappa shape index (κ3) is 3.09. The second kappa shape index (κ2) is 6.10. The van der Waals surface area contributed by atoms with Gasteiger partial charge in [-0.15, -0.1) is 0 Å². The van der Waals surface area contributed by atoms with Gasteiger partial charge in [0.15, 0.2) is 0 Å². The maximum Gasteiger partial charge on any atom is 0.326 e. The van der Waals surface area contributed by atoms with Crippen LogP contribution < -0.4 is 5.32 Å². The number of nitrogens with one attached hydrogen (secondary N) is 1. The molecule has 1 aromatic carbocycles. The van der Waals surface area contributed by atoms with Crippen molar-refractivity contribution in [2.75, 3.05) is 0 Å². The van der Waals surface area contributed by atoms with Crippen LogP contribution in [0.4, 0.5) is 0 Å². The molecule has 0 saturated carbocycles. The fourth-order valence-electron chi connectivity index (χ4n) is 1.89. The molecule has 20 heavy (non-hydrogen) atoms. The lowest BCUT2D eigenvalue weighted by atomic mass is 10.1. The summed E-state index contributed by atoms with van der Waals surface area (Å²) in [5.41, 5.74) is 1.66. The molecule has 6 heteroatoms. The number of benzene rings is 1. The number of aliphatic carboxylic acids is 1. The van der Waals surface area contributed by atoms with E-state index in [9.17, 15) is 9.59 Å². The van der Waals surface area contributed by atoms with E-state index in [1.807, 2.05) is 6.92 Å². The Hall–Kier alpha value is -2.50. The van der Waals surface area contributed by atoms with Crippen molar-refractivity contribution in [2.45, 2.75) is 25.8 Å². The molecule has 0 bridgehead atoms. The minimum Gasteiger partial charge on any atom is -0.480 e. The van der Waals surface area contributed by atoms with Gasteiger partial charge in [0, 0.05) is 18.0 Å². The Morgan fingerprint density at radius 2 is 1.95 bits per heavy atom. The van der Waals surface area contributed by atoms with E-state index in [2.05, 4.69) is 15.3 Å². The number of nitrogens with zero attached hydrogens (tertiary/aromatic N) is 2. The summed E-state index contributed by atoms with van der Waals surface area (Å²) in [7, 11) is 0. The maximum absolute atomic E-state index is 12.1. The molecule has 2 aromatic rings. The van der Waals surface area contributed by atoms with Crippen molar-refractivity contribution in [1.29, 1.82) is 0 Å². The van der Waals surface area contributed by atoms with Gasteiger partial charge in [-0.1, -0.05) is 13.3 Å². The third-order valence-corrected chi connectivity index (χ3v) is 2.91. The first-order valence-electron chi connectivity index (χ1n) is 6.36. The van der Waals surface area contributed by atoms with Gasteiger partial charge in [0.1, 0.15) is 6.04 Å². The Bertz CT molecular complexity index is 642. The molecule has 2 rings (SSSR count). The lowest BCUT2D eigenvalue weighted by Gasteiger charge is -2.13. The van der Waals surface area contributed by atoms with E-state index in [1.54, 1.807) is 30.6 Å².